The molecule has 0 aromatic rings. The zero-order valence-corrected chi connectivity index (χ0v) is 19.2. The largest absolute Gasteiger partial charge is 0.426 e. The van der Waals surface area contributed by atoms with Gasteiger partial charge in [0.15, 0.2) is 6.29 Å². The van der Waals surface area contributed by atoms with Gasteiger partial charge in [0.2, 0.25) is 0 Å². The van der Waals surface area contributed by atoms with Crippen LogP contribution in [0.25, 0.3) is 0 Å². The second-order valence-electron chi connectivity index (χ2n) is 8.88. The van der Waals surface area contributed by atoms with Crippen molar-refractivity contribution in [3.05, 3.63) is 0 Å². The van der Waals surface area contributed by atoms with Crippen molar-refractivity contribution in [1.29, 1.82) is 0 Å². The molecule has 1 aliphatic rings. The maximum absolute atomic E-state index is 14.2. The second kappa shape index (κ2) is 10.4. The first-order valence-corrected chi connectivity index (χ1v) is 10.8. The van der Waals surface area contributed by atoms with E-state index in [9.17, 15) is 57.8 Å². The van der Waals surface area contributed by atoms with Crippen LogP contribution in [0, 0.1) is 23.7 Å². The smallest absolute Gasteiger partial charge is 0.373 e. The highest BCUT2D eigenvalue weighted by atomic mass is 19.4. The van der Waals surface area contributed by atoms with Crippen LogP contribution in [-0.2, 0) is 9.47 Å². The molecule has 5 unspecified atom stereocenters. The molecular formula is C20H28F12O3. The molecule has 1 saturated carbocycles. The molecule has 15 heteroatoms. The van der Waals surface area contributed by atoms with Gasteiger partial charge in [-0.15, -0.1) is 0 Å². The van der Waals surface area contributed by atoms with Crippen LogP contribution in [0.1, 0.15) is 53.4 Å². The Morgan fingerprint density at radius 1 is 0.714 bits per heavy atom. The number of hydrogen-bond acceptors (Lipinski definition) is 3. The number of ether oxygens (including phenoxy) is 2. The van der Waals surface area contributed by atoms with Crippen LogP contribution in [0.15, 0.2) is 0 Å². The fourth-order valence-corrected chi connectivity index (χ4v) is 4.84. The molecule has 5 atom stereocenters. The lowest BCUT2D eigenvalue weighted by molar-refractivity contribution is -0.431. The number of halogens is 12. The van der Waals surface area contributed by atoms with E-state index in [1.165, 1.54) is 20.8 Å². The van der Waals surface area contributed by atoms with Crippen molar-refractivity contribution in [2.75, 3.05) is 6.61 Å². The summed E-state index contributed by atoms with van der Waals surface area (Å²) in [6.45, 7) is 4.25. The monoisotopic (exact) mass is 544 g/mol. The number of rotatable bonds is 8. The summed E-state index contributed by atoms with van der Waals surface area (Å²) in [5.41, 5.74) is -10.7. The highest BCUT2D eigenvalue weighted by molar-refractivity contribution is 5.09. The minimum atomic E-state index is -6.42. The Hall–Kier alpha value is -0.960. The molecular weight excluding hydrogens is 516 g/mol. The maximum Gasteiger partial charge on any atom is 0.426 e. The first-order chi connectivity index (χ1) is 15.5. The summed E-state index contributed by atoms with van der Waals surface area (Å²) in [5, 5.41) is 9.86. The third-order valence-electron chi connectivity index (χ3n) is 6.82. The van der Waals surface area contributed by atoms with Crippen LogP contribution in [0.3, 0.4) is 0 Å². The van der Waals surface area contributed by atoms with Crippen molar-refractivity contribution in [3.8, 4) is 0 Å². The highest BCUT2D eigenvalue weighted by Crippen LogP contribution is 2.60. The quantitative estimate of drug-likeness (QED) is 0.260. The molecule has 210 valence electrons. The Bertz CT molecular complexity index is 655. The van der Waals surface area contributed by atoms with E-state index in [4.69, 9.17) is 0 Å². The van der Waals surface area contributed by atoms with Crippen LogP contribution in [0.2, 0.25) is 0 Å². The Morgan fingerprint density at radius 3 is 1.49 bits per heavy atom. The predicted octanol–water partition coefficient (Wildman–Crippen LogP) is 7.18. The van der Waals surface area contributed by atoms with Crippen molar-refractivity contribution in [3.63, 3.8) is 0 Å². The van der Waals surface area contributed by atoms with E-state index in [-0.39, 0.29) is 6.42 Å². The molecule has 0 heterocycles. The minimum absolute atomic E-state index is 0.0435. The maximum atomic E-state index is 14.2. The summed E-state index contributed by atoms with van der Waals surface area (Å²) < 4.78 is 175. The first-order valence-electron chi connectivity index (χ1n) is 10.8. The fourth-order valence-electron chi connectivity index (χ4n) is 4.84. The first kappa shape index (κ1) is 32.1. The van der Waals surface area contributed by atoms with E-state index in [0.29, 0.717) is 6.92 Å². The topological polar surface area (TPSA) is 38.7 Å². The Labute approximate surface area is 194 Å². The SMILES string of the molecule is CCOC(C)OC(C1CC(C(C)CC)CC(C(O)(C(F)(F)F)C(F)(F)F)C1)(C(F)(F)F)C(F)(F)F. The van der Waals surface area contributed by atoms with Crippen LogP contribution >= 0.6 is 0 Å². The number of hydrogen-bond donors (Lipinski definition) is 1. The average molecular weight is 544 g/mol. The molecule has 0 saturated heterocycles. The van der Waals surface area contributed by atoms with E-state index in [0.717, 1.165) is 0 Å². The normalized spacial score (nSPS) is 25.5. The number of aliphatic hydroxyl groups is 1. The van der Waals surface area contributed by atoms with Gasteiger partial charge >= 0.3 is 24.7 Å². The van der Waals surface area contributed by atoms with Gasteiger partial charge in [-0.25, -0.2) is 0 Å². The molecule has 0 aromatic heterocycles. The molecule has 0 aliphatic heterocycles. The lowest BCUT2D eigenvalue weighted by atomic mass is 9.61. The van der Waals surface area contributed by atoms with Crippen LogP contribution in [0.5, 0.6) is 0 Å². The van der Waals surface area contributed by atoms with Gasteiger partial charge in [-0.1, -0.05) is 20.3 Å². The Morgan fingerprint density at radius 2 is 1.14 bits per heavy atom. The van der Waals surface area contributed by atoms with Crippen LogP contribution in [0.4, 0.5) is 52.7 Å². The van der Waals surface area contributed by atoms with Crippen molar-refractivity contribution >= 4 is 0 Å². The molecule has 1 N–H and O–H groups in total. The summed E-state index contributed by atoms with van der Waals surface area (Å²) in [4.78, 5) is 0. The Balaban J connectivity index is 3.85. The van der Waals surface area contributed by atoms with E-state index in [1.54, 1.807) is 0 Å². The van der Waals surface area contributed by atoms with Gasteiger partial charge in [0, 0.05) is 18.4 Å². The standard InChI is InChI=1S/C20H28F12O3/c1-5-10(3)12-7-13(15(33,17(21,22)23)18(24,25)26)9-14(8-12)16(19(27,28)29,20(30,31)32)35-11(4)34-6-2/h10-14,33H,5-9H2,1-4H3. The van der Waals surface area contributed by atoms with E-state index in [1.807, 2.05) is 0 Å². The summed E-state index contributed by atoms with van der Waals surface area (Å²) in [6.07, 6.45) is -31.6. The van der Waals surface area contributed by atoms with E-state index in [2.05, 4.69) is 9.47 Å². The molecule has 0 spiro atoms. The molecule has 3 nitrogen and oxygen atoms in total. The van der Waals surface area contributed by atoms with Gasteiger partial charge in [-0.3, -0.25) is 0 Å². The van der Waals surface area contributed by atoms with E-state index >= 15 is 0 Å². The highest BCUT2D eigenvalue weighted by Gasteiger charge is 2.79. The van der Waals surface area contributed by atoms with Gasteiger partial charge in [0.25, 0.3) is 11.2 Å². The molecule has 1 aliphatic carbocycles. The molecule has 1 fully saturated rings. The summed E-state index contributed by atoms with van der Waals surface area (Å²) in [5.74, 6) is -8.26. The summed E-state index contributed by atoms with van der Waals surface area (Å²) in [6, 6.07) is 0. The van der Waals surface area contributed by atoms with Crippen LogP contribution in [-0.4, -0.2) is 53.9 Å². The average Bonchev–Trinajstić information content (AvgIpc) is 2.66. The fraction of sp³-hybridized carbons (Fsp3) is 1.00. The number of alkyl halides is 12. The second-order valence-corrected chi connectivity index (χ2v) is 8.88. The summed E-state index contributed by atoms with van der Waals surface area (Å²) in [7, 11) is 0. The lowest BCUT2D eigenvalue weighted by Gasteiger charge is -2.51. The van der Waals surface area contributed by atoms with Crippen molar-refractivity contribution in [1.82, 2.24) is 0 Å². The van der Waals surface area contributed by atoms with Crippen molar-refractivity contribution in [2.24, 2.45) is 23.7 Å². The van der Waals surface area contributed by atoms with Gasteiger partial charge in [0.05, 0.1) is 0 Å². The van der Waals surface area contributed by atoms with Crippen molar-refractivity contribution in [2.45, 2.75) is 95.6 Å². The molecule has 0 bridgehead atoms. The Kier molecular flexibility index (Phi) is 9.55. The van der Waals surface area contributed by atoms with Gasteiger partial charge in [-0.05, 0) is 44.9 Å². The molecule has 0 radical (unpaired) electrons. The third-order valence-corrected chi connectivity index (χ3v) is 6.82. The molecule has 0 aromatic carbocycles. The third kappa shape index (κ3) is 5.97. The zero-order valence-electron chi connectivity index (χ0n) is 19.2. The summed E-state index contributed by atoms with van der Waals surface area (Å²) >= 11 is 0. The lowest BCUT2D eigenvalue weighted by Crippen LogP contribution is -2.68. The van der Waals surface area contributed by atoms with Crippen molar-refractivity contribution < 1.29 is 67.3 Å². The molecule has 0 amide bonds. The molecule has 35 heavy (non-hydrogen) atoms. The van der Waals surface area contributed by atoms with Gasteiger partial charge in [-0.2, -0.15) is 52.7 Å². The van der Waals surface area contributed by atoms with Gasteiger partial charge in [0.1, 0.15) is 0 Å². The minimum Gasteiger partial charge on any atom is -0.373 e. The zero-order chi connectivity index (χ0) is 27.8. The molecule has 1 rings (SSSR count). The van der Waals surface area contributed by atoms with Gasteiger partial charge < -0.3 is 14.6 Å². The predicted molar refractivity (Wildman–Crippen MR) is 97.8 cm³/mol. The van der Waals surface area contributed by atoms with Crippen LogP contribution < -0.4 is 0 Å². The van der Waals surface area contributed by atoms with E-state index < -0.39 is 91.7 Å².